The molecule has 0 amide bonds. The van der Waals surface area contributed by atoms with E-state index in [1.807, 2.05) is 0 Å². The molecule has 0 heterocycles. The first kappa shape index (κ1) is 14.8. The molecule has 0 saturated carbocycles. The largest absolute Gasteiger partial charge is 0.479 e. The summed E-state index contributed by atoms with van der Waals surface area (Å²) < 4.78 is 26.8. The van der Waals surface area contributed by atoms with Gasteiger partial charge in [-0.1, -0.05) is 0 Å². The summed E-state index contributed by atoms with van der Waals surface area (Å²) in [6.45, 7) is 0.261. The smallest absolute Gasteiger partial charge is 0.337 e. The molecule has 0 aliphatic carbocycles. The van der Waals surface area contributed by atoms with Gasteiger partial charge in [0.05, 0.1) is 23.6 Å². The summed E-state index contributed by atoms with van der Waals surface area (Å²) in [5, 5.41) is 30.4. The zero-order valence-electron chi connectivity index (χ0n) is 9.68. The normalized spacial score (nSPS) is 13.7. The van der Waals surface area contributed by atoms with Crippen molar-refractivity contribution in [3.05, 3.63) is 33.9 Å². The Kier molecular flexibility index (Phi) is 4.00. The Labute approximate surface area is 105 Å². The van der Waals surface area contributed by atoms with Crippen LogP contribution < -0.4 is 5.32 Å². The number of non-ortho nitro benzene ring substituents is 1. The SMILES string of the molecule is CC(O)(CNc1c(F)cc([N+](=O)[O-])cc1F)C(=O)O. The van der Waals surface area contributed by atoms with E-state index in [1.165, 1.54) is 0 Å². The number of carbonyl (C=O) groups is 1. The number of anilines is 1. The standard InChI is InChI=1S/C10H10F2N2O5/c1-10(17,9(15)16)4-13-8-6(11)2-5(14(18)19)3-7(8)12/h2-3,13,17H,4H2,1H3,(H,15,16). The molecule has 1 aromatic rings. The van der Waals surface area contributed by atoms with Crippen LogP contribution in [-0.2, 0) is 4.79 Å². The van der Waals surface area contributed by atoms with E-state index in [2.05, 4.69) is 5.32 Å². The fourth-order valence-electron chi connectivity index (χ4n) is 1.17. The Hall–Kier alpha value is -2.29. The Morgan fingerprint density at radius 3 is 2.32 bits per heavy atom. The minimum Gasteiger partial charge on any atom is -0.479 e. The van der Waals surface area contributed by atoms with E-state index in [1.54, 1.807) is 0 Å². The number of nitrogens with zero attached hydrogens (tertiary/aromatic N) is 1. The molecule has 0 aliphatic rings. The van der Waals surface area contributed by atoms with Gasteiger partial charge in [0, 0.05) is 0 Å². The van der Waals surface area contributed by atoms with Gasteiger partial charge in [-0.15, -0.1) is 0 Å². The Bertz CT molecular complexity index is 510. The van der Waals surface area contributed by atoms with Gasteiger partial charge in [-0.2, -0.15) is 0 Å². The number of aliphatic hydroxyl groups is 1. The fraction of sp³-hybridized carbons (Fsp3) is 0.300. The van der Waals surface area contributed by atoms with Gasteiger partial charge in [0.25, 0.3) is 5.69 Å². The summed E-state index contributed by atoms with van der Waals surface area (Å²) >= 11 is 0. The van der Waals surface area contributed by atoms with Crippen molar-refractivity contribution >= 4 is 17.3 Å². The van der Waals surface area contributed by atoms with Gasteiger partial charge in [0.2, 0.25) is 0 Å². The Morgan fingerprint density at radius 2 is 1.95 bits per heavy atom. The lowest BCUT2D eigenvalue weighted by Crippen LogP contribution is -2.42. The summed E-state index contributed by atoms with van der Waals surface area (Å²) in [5.74, 6) is -4.09. The lowest BCUT2D eigenvalue weighted by atomic mass is 10.1. The third kappa shape index (κ3) is 3.35. The third-order valence-corrected chi connectivity index (χ3v) is 2.31. The molecule has 0 aliphatic heterocycles. The number of nitro benzene ring substituents is 1. The summed E-state index contributed by atoms with van der Waals surface area (Å²) in [6, 6.07) is 0.974. The van der Waals surface area contributed by atoms with E-state index in [0.29, 0.717) is 12.1 Å². The van der Waals surface area contributed by atoms with E-state index < -0.39 is 46.0 Å². The number of benzene rings is 1. The second-order valence-electron chi connectivity index (χ2n) is 3.97. The molecule has 0 saturated heterocycles. The van der Waals surface area contributed by atoms with Crippen LogP contribution in [0.2, 0.25) is 0 Å². The molecular weight excluding hydrogens is 266 g/mol. The molecule has 0 radical (unpaired) electrons. The molecule has 19 heavy (non-hydrogen) atoms. The highest BCUT2D eigenvalue weighted by Gasteiger charge is 2.30. The summed E-state index contributed by atoms with van der Waals surface area (Å²) in [5.41, 5.74) is -3.75. The molecule has 0 spiro atoms. The highest BCUT2D eigenvalue weighted by molar-refractivity contribution is 5.77. The molecule has 1 atom stereocenters. The van der Waals surface area contributed by atoms with E-state index in [4.69, 9.17) is 5.11 Å². The van der Waals surface area contributed by atoms with E-state index in [-0.39, 0.29) is 0 Å². The molecular formula is C10H10F2N2O5. The first-order valence-electron chi connectivity index (χ1n) is 4.98. The maximum atomic E-state index is 13.4. The zero-order valence-corrected chi connectivity index (χ0v) is 9.68. The van der Waals surface area contributed by atoms with Crippen LogP contribution >= 0.6 is 0 Å². The van der Waals surface area contributed by atoms with Crippen molar-refractivity contribution in [2.45, 2.75) is 12.5 Å². The number of hydrogen-bond donors (Lipinski definition) is 3. The first-order valence-corrected chi connectivity index (χ1v) is 4.98. The van der Waals surface area contributed by atoms with Crippen molar-refractivity contribution in [1.82, 2.24) is 0 Å². The third-order valence-electron chi connectivity index (χ3n) is 2.31. The van der Waals surface area contributed by atoms with Gasteiger partial charge in [0.1, 0.15) is 5.69 Å². The summed E-state index contributed by atoms with van der Waals surface area (Å²) in [7, 11) is 0. The quantitative estimate of drug-likeness (QED) is 0.548. The average molecular weight is 276 g/mol. The Balaban J connectivity index is 2.97. The van der Waals surface area contributed by atoms with Crippen molar-refractivity contribution in [1.29, 1.82) is 0 Å². The van der Waals surface area contributed by atoms with Crippen molar-refractivity contribution in [3.8, 4) is 0 Å². The molecule has 7 nitrogen and oxygen atoms in total. The van der Waals surface area contributed by atoms with Crippen LogP contribution in [0.4, 0.5) is 20.2 Å². The van der Waals surface area contributed by atoms with Crippen LogP contribution in [0.5, 0.6) is 0 Å². The monoisotopic (exact) mass is 276 g/mol. The number of carboxylic acids is 1. The number of rotatable bonds is 5. The van der Waals surface area contributed by atoms with Gasteiger partial charge >= 0.3 is 5.97 Å². The minimum absolute atomic E-state index is 0.487. The summed E-state index contributed by atoms with van der Waals surface area (Å²) in [6.07, 6.45) is 0. The highest BCUT2D eigenvalue weighted by atomic mass is 19.1. The number of carboxylic acid groups (broad SMARTS) is 1. The molecule has 0 aromatic heterocycles. The molecule has 1 rings (SSSR count). The second kappa shape index (κ2) is 5.14. The lowest BCUT2D eigenvalue weighted by molar-refractivity contribution is -0.385. The van der Waals surface area contributed by atoms with E-state index >= 15 is 0 Å². The highest BCUT2D eigenvalue weighted by Crippen LogP contribution is 2.25. The average Bonchev–Trinajstić information content (AvgIpc) is 2.27. The molecule has 9 heteroatoms. The molecule has 1 aromatic carbocycles. The molecule has 0 bridgehead atoms. The van der Waals surface area contributed by atoms with Gasteiger partial charge in [-0.3, -0.25) is 10.1 Å². The number of nitrogens with one attached hydrogen (secondary N) is 1. The van der Waals surface area contributed by atoms with Crippen molar-refractivity contribution in [2.24, 2.45) is 0 Å². The van der Waals surface area contributed by atoms with Gasteiger partial charge in [0.15, 0.2) is 17.2 Å². The second-order valence-corrected chi connectivity index (χ2v) is 3.97. The first-order chi connectivity index (χ1) is 8.65. The fourth-order valence-corrected chi connectivity index (χ4v) is 1.17. The zero-order chi connectivity index (χ0) is 14.8. The number of nitro groups is 1. The molecule has 1 unspecified atom stereocenters. The van der Waals surface area contributed by atoms with Crippen LogP contribution in [0.3, 0.4) is 0 Å². The van der Waals surface area contributed by atoms with Crippen molar-refractivity contribution in [2.75, 3.05) is 11.9 Å². The van der Waals surface area contributed by atoms with Crippen LogP contribution in [0, 0.1) is 21.7 Å². The summed E-state index contributed by atoms with van der Waals surface area (Å²) in [4.78, 5) is 20.0. The van der Waals surface area contributed by atoms with Crippen LogP contribution in [0.1, 0.15) is 6.92 Å². The van der Waals surface area contributed by atoms with Crippen LogP contribution in [0.25, 0.3) is 0 Å². The van der Waals surface area contributed by atoms with Crippen LogP contribution in [-0.4, -0.2) is 33.3 Å². The number of aliphatic carboxylic acids is 1. The minimum atomic E-state index is -2.24. The Morgan fingerprint density at radius 1 is 1.47 bits per heavy atom. The maximum Gasteiger partial charge on any atom is 0.337 e. The molecule has 104 valence electrons. The maximum absolute atomic E-state index is 13.4. The van der Waals surface area contributed by atoms with Gasteiger partial charge in [-0.05, 0) is 6.92 Å². The lowest BCUT2D eigenvalue weighted by Gasteiger charge is -2.19. The topological polar surface area (TPSA) is 113 Å². The van der Waals surface area contributed by atoms with E-state index in [9.17, 15) is 28.8 Å². The number of hydrogen-bond acceptors (Lipinski definition) is 5. The predicted molar refractivity (Wildman–Crippen MR) is 59.8 cm³/mol. The van der Waals surface area contributed by atoms with Gasteiger partial charge < -0.3 is 15.5 Å². The van der Waals surface area contributed by atoms with Crippen molar-refractivity contribution < 1.29 is 28.7 Å². The molecule has 0 fully saturated rings. The van der Waals surface area contributed by atoms with Gasteiger partial charge in [-0.25, -0.2) is 13.6 Å². The number of halogens is 2. The molecule has 3 N–H and O–H groups in total. The predicted octanol–water partition coefficient (Wildman–Crippen LogP) is 1.12. The van der Waals surface area contributed by atoms with Crippen molar-refractivity contribution in [3.63, 3.8) is 0 Å². The van der Waals surface area contributed by atoms with Crippen LogP contribution in [0.15, 0.2) is 12.1 Å². The van der Waals surface area contributed by atoms with E-state index in [0.717, 1.165) is 6.92 Å².